The van der Waals surface area contributed by atoms with Gasteiger partial charge in [0.05, 0.1) is 11.9 Å². The molecule has 3 N–H and O–H groups in total. The van der Waals surface area contributed by atoms with Gasteiger partial charge in [-0.25, -0.2) is 0 Å². The van der Waals surface area contributed by atoms with Crippen molar-refractivity contribution < 1.29 is 5.11 Å². The first-order valence-corrected chi connectivity index (χ1v) is 9.31. The van der Waals surface area contributed by atoms with Crippen molar-refractivity contribution in [2.75, 3.05) is 18.5 Å². The van der Waals surface area contributed by atoms with Crippen LogP contribution in [0.1, 0.15) is 12.8 Å². The van der Waals surface area contributed by atoms with Gasteiger partial charge in [-0.2, -0.15) is 5.10 Å². The summed E-state index contributed by atoms with van der Waals surface area (Å²) in [4.78, 5) is 2.25. The van der Waals surface area contributed by atoms with Crippen molar-refractivity contribution in [2.24, 2.45) is 5.92 Å². The number of aromatic hydroxyl groups is 1. The lowest BCUT2D eigenvalue weighted by Crippen LogP contribution is -2.43. The van der Waals surface area contributed by atoms with E-state index in [0.717, 1.165) is 23.5 Å². The van der Waals surface area contributed by atoms with Crippen LogP contribution in [0.5, 0.6) is 5.75 Å². The predicted octanol–water partition coefficient (Wildman–Crippen LogP) is 2.43. The molecule has 1 saturated heterocycles. The molecule has 1 saturated carbocycles. The van der Waals surface area contributed by atoms with Gasteiger partial charge in [-0.3, -0.25) is 5.10 Å². The smallest absolute Gasteiger partial charge is 0.151 e. The molecule has 0 radical (unpaired) electrons. The number of rotatable bonds is 4. The number of piperidine rings is 1. The second kappa shape index (κ2) is 6.35. The van der Waals surface area contributed by atoms with Crippen molar-refractivity contribution in [1.82, 2.24) is 25.7 Å². The minimum atomic E-state index is 0.184. The summed E-state index contributed by atoms with van der Waals surface area (Å²) < 4.78 is 0. The summed E-state index contributed by atoms with van der Waals surface area (Å²) in [5.74, 6) is 1.76. The van der Waals surface area contributed by atoms with Crippen LogP contribution in [0.4, 0.5) is 5.82 Å². The zero-order chi connectivity index (χ0) is 18.4. The average Bonchev–Trinajstić information content (AvgIpc) is 3.45. The molecule has 0 amide bonds. The normalized spacial score (nSPS) is 23.7. The molecule has 0 spiro atoms. The van der Waals surface area contributed by atoms with Crippen LogP contribution < -0.4 is 10.2 Å². The Balaban J connectivity index is 1.37. The fourth-order valence-electron chi connectivity index (χ4n) is 4.44. The Labute approximate surface area is 157 Å². The van der Waals surface area contributed by atoms with Gasteiger partial charge in [0, 0.05) is 43.0 Å². The number of fused-ring (bicyclic) bond motifs is 2. The van der Waals surface area contributed by atoms with Gasteiger partial charge in [-0.05, 0) is 48.6 Å². The first-order valence-electron chi connectivity index (χ1n) is 9.31. The number of anilines is 1. The van der Waals surface area contributed by atoms with Crippen LogP contribution >= 0.6 is 0 Å². The fourth-order valence-corrected chi connectivity index (χ4v) is 4.44. The Hall–Kier alpha value is -2.93. The molecule has 3 atom stereocenters. The summed E-state index contributed by atoms with van der Waals surface area (Å²) >= 11 is 0. The molecule has 138 valence electrons. The van der Waals surface area contributed by atoms with Gasteiger partial charge in [0.25, 0.3) is 0 Å². The molecule has 7 nitrogen and oxygen atoms in total. The molecular weight excluding hydrogens is 340 g/mol. The lowest BCUT2D eigenvalue weighted by molar-refractivity contribution is 0.422. The Morgan fingerprint density at radius 2 is 2.04 bits per heavy atom. The van der Waals surface area contributed by atoms with Gasteiger partial charge in [0.2, 0.25) is 0 Å². The highest BCUT2D eigenvalue weighted by Gasteiger charge is 2.41. The van der Waals surface area contributed by atoms with E-state index in [2.05, 4.69) is 37.7 Å². The van der Waals surface area contributed by atoms with E-state index in [0.29, 0.717) is 29.3 Å². The standard InChI is InChI=1S/C20H22N6O/c1-26(18-8-15-6-13(18)9-21-15)20-5-4-17(24-25-20)16-3-2-12(7-19(16)27)14-10-22-23-11-14/h2-5,7,10-11,13,15,18,21,27H,6,8-9H2,1H3,(H,22,23)/t13-,15-,18-/m1/s1. The highest BCUT2D eigenvalue weighted by atomic mass is 16.3. The minimum Gasteiger partial charge on any atom is -0.507 e. The molecule has 27 heavy (non-hydrogen) atoms. The third kappa shape index (κ3) is 2.84. The quantitative estimate of drug-likeness (QED) is 0.660. The number of benzene rings is 1. The summed E-state index contributed by atoms with van der Waals surface area (Å²) in [5, 5.41) is 29.5. The Morgan fingerprint density at radius 1 is 1.11 bits per heavy atom. The maximum Gasteiger partial charge on any atom is 0.151 e. The van der Waals surface area contributed by atoms with Crippen LogP contribution in [0.15, 0.2) is 42.7 Å². The zero-order valence-corrected chi connectivity index (χ0v) is 15.1. The van der Waals surface area contributed by atoms with Gasteiger partial charge < -0.3 is 15.3 Å². The minimum absolute atomic E-state index is 0.184. The van der Waals surface area contributed by atoms with E-state index in [1.165, 1.54) is 12.8 Å². The molecule has 1 aliphatic heterocycles. The number of aromatic amines is 1. The largest absolute Gasteiger partial charge is 0.507 e. The number of phenols is 1. The second-order valence-electron chi connectivity index (χ2n) is 7.51. The molecule has 1 aliphatic carbocycles. The summed E-state index contributed by atoms with van der Waals surface area (Å²) in [6.07, 6.45) is 5.95. The van der Waals surface area contributed by atoms with E-state index < -0.39 is 0 Å². The number of nitrogens with zero attached hydrogens (tertiary/aromatic N) is 4. The van der Waals surface area contributed by atoms with Crippen molar-refractivity contribution >= 4 is 5.82 Å². The van der Waals surface area contributed by atoms with E-state index in [4.69, 9.17) is 0 Å². The topological polar surface area (TPSA) is 90.0 Å². The van der Waals surface area contributed by atoms with Crippen LogP contribution in [-0.2, 0) is 0 Å². The first kappa shape index (κ1) is 16.3. The van der Waals surface area contributed by atoms with Crippen molar-refractivity contribution in [3.63, 3.8) is 0 Å². The Kier molecular flexibility index (Phi) is 3.82. The summed E-state index contributed by atoms with van der Waals surface area (Å²) in [5.41, 5.74) is 3.17. The molecule has 2 bridgehead atoms. The van der Waals surface area contributed by atoms with E-state index in [-0.39, 0.29) is 5.75 Å². The highest BCUT2D eigenvalue weighted by molar-refractivity contribution is 5.73. The fraction of sp³-hybridized carbons (Fsp3) is 0.350. The molecule has 7 heteroatoms. The first-order chi connectivity index (χ1) is 13.2. The SMILES string of the molecule is CN(c1ccc(-c2ccc(-c3cn[nH]c3)cc2O)nn1)[C@@H]1C[C@H]2C[C@@H]1CN2. The van der Waals surface area contributed by atoms with E-state index in [1.807, 2.05) is 24.3 Å². The average molecular weight is 362 g/mol. The number of H-pyrrole nitrogens is 1. The lowest BCUT2D eigenvalue weighted by Gasteiger charge is -2.32. The van der Waals surface area contributed by atoms with Crippen LogP contribution in [-0.4, -0.2) is 51.2 Å². The number of hydrogen-bond donors (Lipinski definition) is 3. The third-order valence-electron chi connectivity index (χ3n) is 5.94. The van der Waals surface area contributed by atoms with Gasteiger partial charge in [-0.1, -0.05) is 6.07 Å². The summed E-state index contributed by atoms with van der Waals surface area (Å²) in [7, 11) is 2.10. The molecular formula is C20H22N6O. The van der Waals surface area contributed by atoms with Gasteiger partial charge in [-0.15, -0.1) is 10.2 Å². The van der Waals surface area contributed by atoms with Crippen LogP contribution in [0.2, 0.25) is 0 Å². The van der Waals surface area contributed by atoms with E-state index in [9.17, 15) is 5.11 Å². The van der Waals surface area contributed by atoms with E-state index >= 15 is 0 Å². The van der Waals surface area contributed by atoms with Crippen LogP contribution in [0.25, 0.3) is 22.4 Å². The Morgan fingerprint density at radius 3 is 2.67 bits per heavy atom. The van der Waals surface area contributed by atoms with Gasteiger partial charge >= 0.3 is 0 Å². The molecule has 3 aromatic rings. The third-order valence-corrected chi connectivity index (χ3v) is 5.94. The maximum atomic E-state index is 10.5. The van der Waals surface area contributed by atoms with E-state index in [1.54, 1.807) is 18.5 Å². The highest BCUT2D eigenvalue weighted by Crippen LogP contribution is 2.36. The van der Waals surface area contributed by atoms with Crippen LogP contribution in [0, 0.1) is 5.92 Å². The van der Waals surface area contributed by atoms with Crippen LogP contribution in [0.3, 0.4) is 0 Å². The van der Waals surface area contributed by atoms with Crippen molar-refractivity contribution in [2.45, 2.75) is 24.9 Å². The number of phenolic OH excluding ortho intramolecular Hbond substituents is 1. The molecule has 0 unspecified atom stereocenters. The monoisotopic (exact) mass is 362 g/mol. The number of hydrogen-bond acceptors (Lipinski definition) is 6. The van der Waals surface area contributed by atoms with Crippen molar-refractivity contribution in [3.8, 4) is 28.1 Å². The zero-order valence-electron chi connectivity index (χ0n) is 15.1. The summed E-state index contributed by atoms with van der Waals surface area (Å²) in [6.45, 7) is 1.10. The number of nitrogens with one attached hydrogen (secondary N) is 2. The molecule has 1 aromatic carbocycles. The summed E-state index contributed by atoms with van der Waals surface area (Å²) in [6, 6.07) is 10.6. The molecule has 3 heterocycles. The lowest BCUT2D eigenvalue weighted by atomic mass is 10.0. The Bertz CT molecular complexity index is 940. The molecule has 5 rings (SSSR count). The van der Waals surface area contributed by atoms with Gasteiger partial charge in [0.15, 0.2) is 5.82 Å². The molecule has 2 aliphatic rings. The van der Waals surface area contributed by atoms with Crippen molar-refractivity contribution in [3.05, 3.63) is 42.7 Å². The van der Waals surface area contributed by atoms with Crippen molar-refractivity contribution in [1.29, 1.82) is 0 Å². The number of aromatic nitrogens is 4. The van der Waals surface area contributed by atoms with Gasteiger partial charge in [0.1, 0.15) is 5.75 Å². The molecule has 2 fully saturated rings. The maximum absolute atomic E-state index is 10.5. The second-order valence-corrected chi connectivity index (χ2v) is 7.51. The molecule has 2 aromatic heterocycles. The predicted molar refractivity (Wildman–Crippen MR) is 103 cm³/mol.